The zero-order valence-corrected chi connectivity index (χ0v) is 17.9. The Morgan fingerprint density at radius 2 is 1.97 bits per heavy atom. The number of amides is 1. The maximum absolute atomic E-state index is 14.0. The number of benzene rings is 2. The van der Waals surface area contributed by atoms with Gasteiger partial charge in [-0.2, -0.15) is 0 Å². The summed E-state index contributed by atoms with van der Waals surface area (Å²) >= 11 is 11.9. The van der Waals surface area contributed by atoms with Gasteiger partial charge in [0.25, 0.3) is 0 Å². The van der Waals surface area contributed by atoms with E-state index >= 15 is 0 Å². The average Bonchev–Trinajstić information content (AvgIpc) is 2.70. The first kappa shape index (κ1) is 21.9. The molecule has 1 aliphatic heterocycles. The molecule has 1 aliphatic rings. The molecule has 1 amide bonds. The summed E-state index contributed by atoms with van der Waals surface area (Å²) < 4.78 is 19.6. The highest BCUT2D eigenvalue weighted by Gasteiger charge is 2.25. The summed E-state index contributed by atoms with van der Waals surface area (Å²) in [6.07, 6.45) is 1.52. The Bertz CT molecular complexity index is 855. The molecule has 0 atom stereocenters. The molecule has 1 N–H and O–H groups in total. The van der Waals surface area contributed by atoms with Gasteiger partial charge in [-0.05, 0) is 62.7 Å². The van der Waals surface area contributed by atoms with Gasteiger partial charge in [-0.25, -0.2) is 4.39 Å². The van der Waals surface area contributed by atoms with Crippen molar-refractivity contribution < 1.29 is 13.9 Å². The van der Waals surface area contributed by atoms with Crippen molar-refractivity contribution >= 4 is 29.1 Å². The van der Waals surface area contributed by atoms with Crippen molar-refractivity contribution in [3.8, 4) is 5.75 Å². The second kappa shape index (κ2) is 10.3. The van der Waals surface area contributed by atoms with Crippen LogP contribution >= 0.6 is 23.2 Å². The van der Waals surface area contributed by atoms with Crippen LogP contribution in [-0.2, 0) is 11.3 Å². The minimum absolute atomic E-state index is 0.0184. The number of hydrogen-bond donors (Lipinski definition) is 1. The Morgan fingerprint density at radius 3 is 2.66 bits per heavy atom. The number of aryl methyl sites for hydroxylation is 1. The Morgan fingerprint density at radius 1 is 1.21 bits per heavy atom. The molecule has 0 spiro atoms. The van der Waals surface area contributed by atoms with Gasteiger partial charge in [-0.1, -0.05) is 35.3 Å². The van der Waals surface area contributed by atoms with Gasteiger partial charge in [0.15, 0.2) is 0 Å². The Hall–Kier alpha value is -1.82. The van der Waals surface area contributed by atoms with Crippen LogP contribution in [0.15, 0.2) is 36.4 Å². The topological polar surface area (TPSA) is 41.6 Å². The van der Waals surface area contributed by atoms with E-state index in [2.05, 4.69) is 10.2 Å². The van der Waals surface area contributed by atoms with Crippen LogP contribution in [0.3, 0.4) is 0 Å². The van der Waals surface area contributed by atoms with Crippen molar-refractivity contribution in [1.82, 2.24) is 10.2 Å². The molecular formula is C22H25Cl2FN2O2. The van der Waals surface area contributed by atoms with Crippen LogP contribution in [0.1, 0.15) is 24.0 Å². The number of likely N-dealkylation sites (tertiary alicyclic amines) is 1. The number of nitrogens with one attached hydrogen (secondary N) is 1. The third-order valence-electron chi connectivity index (χ3n) is 5.18. The van der Waals surface area contributed by atoms with Crippen molar-refractivity contribution in [3.63, 3.8) is 0 Å². The number of hydrogen-bond acceptors (Lipinski definition) is 3. The molecule has 3 rings (SSSR count). The molecule has 2 aromatic carbocycles. The first-order valence-corrected chi connectivity index (χ1v) is 10.5. The molecule has 4 nitrogen and oxygen atoms in total. The SMILES string of the molecule is Cc1ccc(OCCNC(=O)C2CCN(Cc3ccc(Cl)cc3F)CC2)cc1Cl. The number of nitrogens with zero attached hydrogens (tertiary/aromatic N) is 1. The third-order valence-corrected chi connectivity index (χ3v) is 5.82. The molecule has 1 saturated heterocycles. The van der Waals surface area contributed by atoms with Crippen LogP contribution in [0.4, 0.5) is 4.39 Å². The Labute approximate surface area is 180 Å². The van der Waals surface area contributed by atoms with Gasteiger partial charge in [0.2, 0.25) is 5.91 Å². The highest BCUT2D eigenvalue weighted by atomic mass is 35.5. The van der Waals surface area contributed by atoms with E-state index in [0.29, 0.717) is 41.1 Å². The van der Waals surface area contributed by atoms with Crippen molar-refractivity contribution in [2.75, 3.05) is 26.2 Å². The van der Waals surface area contributed by atoms with Crippen LogP contribution in [0, 0.1) is 18.7 Å². The Kier molecular flexibility index (Phi) is 7.76. The lowest BCUT2D eigenvalue weighted by molar-refractivity contribution is -0.126. The maximum atomic E-state index is 14.0. The number of halogens is 3. The highest BCUT2D eigenvalue weighted by molar-refractivity contribution is 6.31. The quantitative estimate of drug-likeness (QED) is 0.628. The molecule has 0 radical (unpaired) electrons. The number of rotatable bonds is 7. The lowest BCUT2D eigenvalue weighted by Gasteiger charge is -2.31. The smallest absolute Gasteiger partial charge is 0.223 e. The molecule has 1 fully saturated rings. The van der Waals surface area contributed by atoms with Crippen LogP contribution in [0.2, 0.25) is 10.0 Å². The van der Waals surface area contributed by atoms with E-state index in [1.165, 1.54) is 6.07 Å². The summed E-state index contributed by atoms with van der Waals surface area (Å²) in [5.74, 6) is 0.438. The molecule has 156 valence electrons. The molecular weight excluding hydrogens is 414 g/mol. The van der Waals surface area contributed by atoms with Crippen LogP contribution in [0.25, 0.3) is 0 Å². The van der Waals surface area contributed by atoms with E-state index in [1.54, 1.807) is 18.2 Å². The first-order chi connectivity index (χ1) is 13.9. The number of piperidine rings is 1. The largest absolute Gasteiger partial charge is 0.492 e. The average molecular weight is 439 g/mol. The summed E-state index contributed by atoms with van der Waals surface area (Å²) in [7, 11) is 0. The minimum atomic E-state index is -0.285. The zero-order chi connectivity index (χ0) is 20.8. The molecule has 29 heavy (non-hydrogen) atoms. The van der Waals surface area contributed by atoms with Gasteiger partial charge in [0.1, 0.15) is 18.2 Å². The Balaban J connectivity index is 1.36. The normalized spacial score (nSPS) is 15.3. The number of carbonyl (C=O) groups is 1. The monoisotopic (exact) mass is 438 g/mol. The van der Waals surface area contributed by atoms with E-state index in [-0.39, 0.29) is 17.6 Å². The van der Waals surface area contributed by atoms with E-state index < -0.39 is 0 Å². The predicted octanol–water partition coefficient (Wildman–Crippen LogP) is 4.85. The molecule has 0 aliphatic carbocycles. The molecule has 1 heterocycles. The minimum Gasteiger partial charge on any atom is -0.492 e. The van der Waals surface area contributed by atoms with E-state index in [0.717, 1.165) is 31.5 Å². The maximum Gasteiger partial charge on any atom is 0.223 e. The molecule has 0 aromatic heterocycles. The fraction of sp³-hybridized carbons (Fsp3) is 0.409. The summed E-state index contributed by atoms with van der Waals surface area (Å²) in [5.41, 5.74) is 1.63. The zero-order valence-electron chi connectivity index (χ0n) is 16.4. The summed E-state index contributed by atoms with van der Waals surface area (Å²) in [4.78, 5) is 14.6. The van der Waals surface area contributed by atoms with Crippen molar-refractivity contribution in [2.45, 2.75) is 26.3 Å². The molecule has 7 heteroatoms. The summed E-state index contributed by atoms with van der Waals surface area (Å²) in [6, 6.07) is 10.3. The molecule has 0 saturated carbocycles. The molecule has 0 unspecified atom stereocenters. The van der Waals surface area contributed by atoms with Gasteiger partial charge in [-0.3, -0.25) is 9.69 Å². The van der Waals surface area contributed by atoms with Gasteiger partial charge < -0.3 is 10.1 Å². The van der Waals surface area contributed by atoms with Gasteiger partial charge in [0.05, 0.1) is 6.54 Å². The fourth-order valence-electron chi connectivity index (χ4n) is 3.39. The van der Waals surface area contributed by atoms with Crippen LogP contribution in [-0.4, -0.2) is 37.0 Å². The number of carbonyl (C=O) groups excluding carboxylic acids is 1. The second-order valence-electron chi connectivity index (χ2n) is 7.34. The van der Waals surface area contributed by atoms with Crippen molar-refractivity contribution in [2.24, 2.45) is 5.92 Å². The van der Waals surface area contributed by atoms with Crippen molar-refractivity contribution in [3.05, 3.63) is 63.4 Å². The van der Waals surface area contributed by atoms with Gasteiger partial charge in [0, 0.05) is 28.1 Å². The summed E-state index contributed by atoms with van der Waals surface area (Å²) in [5, 5.41) is 4.00. The van der Waals surface area contributed by atoms with Crippen LogP contribution < -0.4 is 10.1 Å². The highest BCUT2D eigenvalue weighted by Crippen LogP contribution is 2.23. The van der Waals surface area contributed by atoms with E-state index in [1.807, 2.05) is 19.1 Å². The lowest BCUT2D eigenvalue weighted by atomic mass is 9.95. The third kappa shape index (κ3) is 6.33. The predicted molar refractivity (Wildman–Crippen MR) is 114 cm³/mol. The fourth-order valence-corrected chi connectivity index (χ4v) is 3.72. The van der Waals surface area contributed by atoms with Crippen LogP contribution in [0.5, 0.6) is 5.75 Å². The lowest BCUT2D eigenvalue weighted by Crippen LogP contribution is -2.41. The number of ether oxygens (including phenoxy) is 1. The first-order valence-electron chi connectivity index (χ1n) is 9.75. The van der Waals surface area contributed by atoms with Gasteiger partial charge in [-0.15, -0.1) is 0 Å². The molecule has 0 bridgehead atoms. The molecule has 2 aromatic rings. The summed E-state index contributed by atoms with van der Waals surface area (Å²) in [6.45, 7) is 4.82. The van der Waals surface area contributed by atoms with Crippen molar-refractivity contribution in [1.29, 1.82) is 0 Å². The van der Waals surface area contributed by atoms with E-state index in [4.69, 9.17) is 27.9 Å². The van der Waals surface area contributed by atoms with Gasteiger partial charge >= 0.3 is 0 Å². The standard InChI is InChI=1S/C22H25Cl2FN2O2/c1-15-2-5-19(13-20(15)24)29-11-8-26-22(28)16-6-9-27(10-7-16)14-17-3-4-18(23)12-21(17)25/h2-5,12-13,16H,6-11,14H2,1H3,(H,26,28). The second-order valence-corrected chi connectivity index (χ2v) is 8.18. The van der Waals surface area contributed by atoms with E-state index in [9.17, 15) is 9.18 Å².